The molecule has 1 N–H and O–H groups in total. The highest BCUT2D eigenvalue weighted by atomic mass is 16.5. The summed E-state index contributed by atoms with van der Waals surface area (Å²) in [5.41, 5.74) is 0. The average molecular weight is 209 g/mol. The molecule has 0 amide bonds. The van der Waals surface area contributed by atoms with E-state index in [0.29, 0.717) is 19.0 Å². The molecule has 82 valence electrons. The van der Waals surface area contributed by atoms with Crippen LogP contribution in [0.3, 0.4) is 0 Å². The Morgan fingerprint density at radius 2 is 2.47 bits per heavy atom. The SMILES string of the molecule is CCOc1cc(N2CCC(O)C2)ncn1. The Kier molecular flexibility index (Phi) is 3.01. The maximum Gasteiger partial charge on any atom is 0.218 e. The first-order chi connectivity index (χ1) is 7.29. The minimum Gasteiger partial charge on any atom is -0.478 e. The van der Waals surface area contributed by atoms with E-state index in [4.69, 9.17) is 4.74 Å². The summed E-state index contributed by atoms with van der Waals surface area (Å²) in [6.07, 6.45) is 2.05. The number of hydrogen-bond donors (Lipinski definition) is 1. The molecule has 15 heavy (non-hydrogen) atoms. The van der Waals surface area contributed by atoms with Crippen molar-refractivity contribution in [3.05, 3.63) is 12.4 Å². The van der Waals surface area contributed by atoms with Crippen LogP contribution in [-0.2, 0) is 0 Å². The topological polar surface area (TPSA) is 58.5 Å². The molecule has 0 spiro atoms. The Labute approximate surface area is 88.7 Å². The van der Waals surface area contributed by atoms with Crippen molar-refractivity contribution in [1.82, 2.24) is 9.97 Å². The molecule has 1 aromatic rings. The molecule has 1 unspecified atom stereocenters. The van der Waals surface area contributed by atoms with Crippen LogP contribution in [0.15, 0.2) is 12.4 Å². The minimum absolute atomic E-state index is 0.240. The third kappa shape index (κ3) is 2.36. The molecule has 1 fully saturated rings. The second-order valence-electron chi connectivity index (χ2n) is 3.54. The zero-order valence-electron chi connectivity index (χ0n) is 8.76. The number of rotatable bonds is 3. The number of hydrogen-bond acceptors (Lipinski definition) is 5. The van der Waals surface area contributed by atoms with Crippen LogP contribution < -0.4 is 9.64 Å². The molecule has 0 radical (unpaired) electrons. The van der Waals surface area contributed by atoms with Crippen molar-refractivity contribution in [2.75, 3.05) is 24.6 Å². The van der Waals surface area contributed by atoms with Gasteiger partial charge >= 0.3 is 0 Å². The lowest BCUT2D eigenvalue weighted by Gasteiger charge is -2.16. The van der Waals surface area contributed by atoms with Gasteiger partial charge < -0.3 is 14.7 Å². The highest BCUT2D eigenvalue weighted by Crippen LogP contribution is 2.20. The highest BCUT2D eigenvalue weighted by molar-refractivity contribution is 5.42. The highest BCUT2D eigenvalue weighted by Gasteiger charge is 2.21. The fourth-order valence-electron chi connectivity index (χ4n) is 1.68. The van der Waals surface area contributed by atoms with Crippen LogP contribution in [0.5, 0.6) is 5.88 Å². The fraction of sp³-hybridized carbons (Fsp3) is 0.600. The van der Waals surface area contributed by atoms with E-state index in [1.165, 1.54) is 6.33 Å². The number of aliphatic hydroxyl groups is 1. The van der Waals surface area contributed by atoms with Gasteiger partial charge in [0.2, 0.25) is 5.88 Å². The molecule has 1 aliphatic rings. The van der Waals surface area contributed by atoms with Crippen LogP contribution in [0.2, 0.25) is 0 Å². The van der Waals surface area contributed by atoms with E-state index >= 15 is 0 Å². The molecule has 2 rings (SSSR count). The second-order valence-corrected chi connectivity index (χ2v) is 3.54. The zero-order valence-corrected chi connectivity index (χ0v) is 8.76. The van der Waals surface area contributed by atoms with E-state index in [9.17, 15) is 5.11 Å². The van der Waals surface area contributed by atoms with Crippen LogP contribution in [-0.4, -0.2) is 40.9 Å². The van der Waals surface area contributed by atoms with Crippen LogP contribution in [0.25, 0.3) is 0 Å². The maximum absolute atomic E-state index is 9.42. The van der Waals surface area contributed by atoms with Crippen molar-refractivity contribution in [2.24, 2.45) is 0 Å². The van der Waals surface area contributed by atoms with E-state index in [2.05, 4.69) is 9.97 Å². The van der Waals surface area contributed by atoms with E-state index < -0.39 is 0 Å². The molecule has 1 aromatic heterocycles. The molecule has 0 saturated carbocycles. The van der Waals surface area contributed by atoms with Gasteiger partial charge in [-0.25, -0.2) is 9.97 Å². The van der Waals surface area contributed by atoms with Gasteiger partial charge in [-0.2, -0.15) is 0 Å². The molecular formula is C10H15N3O2. The summed E-state index contributed by atoms with van der Waals surface area (Å²) in [6.45, 7) is 3.99. The van der Waals surface area contributed by atoms with Crippen molar-refractivity contribution < 1.29 is 9.84 Å². The number of aromatic nitrogens is 2. The molecule has 2 heterocycles. The lowest BCUT2D eigenvalue weighted by atomic mass is 10.3. The standard InChI is InChI=1S/C10H15N3O2/c1-2-15-10-5-9(11-7-12-10)13-4-3-8(14)6-13/h5,7-8,14H,2-4,6H2,1H3. The van der Waals surface area contributed by atoms with Gasteiger partial charge in [0.1, 0.15) is 12.1 Å². The van der Waals surface area contributed by atoms with Crippen LogP contribution in [0.4, 0.5) is 5.82 Å². The number of aliphatic hydroxyl groups excluding tert-OH is 1. The first-order valence-corrected chi connectivity index (χ1v) is 5.17. The molecule has 5 heteroatoms. The van der Waals surface area contributed by atoms with Crippen molar-refractivity contribution in [2.45, 2.75) is 19.4 Å². The summed E-state index contributed by atoms with van der Waals surface area (Å²) in [5, 5.41) is 9.42. The first-order valence-electron chi connectivity index (χ1n) is 5.17. The largest absolute Gasteiger partial charge is 0.478 e. The summed E-state index contributed by atoms with van der Waals surface area (Å²) in [6, 6.07) is 1.81. The smallest absolute Gasteiger partial charge is 0.218 e. The Balaban J connectivity index is 2.10. The summed E-state index contributed by atoms with van der Waals surface area (Å²) < 4.78 is 5.29. The van der Waals surface area contributed by atoms with Crippen molar-refractivity contribution in [3.8, 4) is 5.88 Å². The Bertz CT molecular complexity index is 332. The number of anilines is 1. The Morgan fingerprint density at radius 1 is 1.60 bits per heavy atom. The molecule has 1 saturated heterocycles. The van der Waals surface area contributed by atoms with Crippen LogP contribution >= 0.6 is 0 Å². The van der Waals surface area contributed by atoms with Gasteiger partial charge in [0.05, 0.1) is 12.7 Å². The molecule has 0 bridgehead atoms. The van der Waals surface area contributed by atoms with Gasteiger partial charge in [0, 0.05) is 19.2 Å². The third-order valence-electron chi connectivity index (χ3n) is 2.41. The Morgan fingerprint density at radius 3 is 3.13 bits per heavy atom. The fourth-order valence-corrected chi connectivity index (χ4v) is 1.68. The van der Waals surface area contributed by atoms with Gasteiger partial charge in [0.25, 0.3) is 0 Å². The van der Waals surface area contributed by atoms with Gasteiger partial charge in [-0.1, -0.05) is 0 Å². The average Bonchev–Trinajstić information content (AvgIpc) is 2.66. The van der Waals surface area contributed by atoms with E-state index in [1.54, 1.807) is 0 Å². The van der Waals surface area contributed by atoms with E-state index in [0.717, 1.165) is 18.8 Å². The minimum atomic E-state index is -0.240. The lowest BCUT2D eigenvalue weighted by Crippen LogP contribution is -2.22. The van der Waals surface area contributed by atoms with Crippen LogP contribution in [0.1, 0.15) is 13.3 Å². The Hall–Kier alpha value is -1.36. The molecule has 5 nitrogen and oxygen atoms in total. The van der Waals surface area contributed by atoms with Crippen molar-refractivity contribution >= 4 is 5.82 Å². The molecule has 0 aromatic carbocycles. The van der Waals surface area contributed by atoms with Crippen molar-refractivity contribution in [1.29, 1.82) is 0 Å². The summed E-state index contributed by atoms with van der Waals surface area (Å²) in [5.74, 6) is 1.41. The first kappa shape index (κ1) is 10.2. The lowest BCUT2D eigenvalue weighted by molar-refractivity contribution is 0.198. The zero-order chi connectivity index (χ0) is 10.7. The molecule has 0 aliphatic carbocycles. The molecular weight excluding hydrogens is 194 g/mol. The molecule has 1 atom stereocenters. The number of nitrogens with zero attached hydrogens (tertiary/aromatic N) is 3. The monoisotopic (exact) mass is 209 g/mol. The van der Waals surface area contributed by atoms with Crippen molar-refractivity contribution in [3.63, 3.8) is 0 Å². The van der Waals surface area contributed by atoms with E-state index in [-0.39, 0.29) is 6.10 Å². The van der Waals surface area contributed by atoms with Gasteiger partial charge in [-0.15, -0.1) is 0 Å². The second kappa shape index (κ2) is 4.44. The predicted octanol–water partition coefficient (Wildman–Crippen LogP) is 0.446. The third-order valence-corrected chi connectivity index (χ3v) is 2.41. The van der Waals surface area contributed by atoms with Crippen LogP contribution in [0, 0.1) is 0 Å². The molecule has 1 aliphatic heterocycles. The predicted molar refractivity (Wildman–Crippen MR) is 56.0 cm³/mol. The number of β-amino-alcohol motifs (C(OH)–C–C–N with tert-alkyl or cyclic N) is 1. The summed E-state index contributed by atoms with van der Waals surface area (Å²) in [4.78, 5) is 10.2. The van der Waals surface area contributed by atoms with Gasteiger partial charge in [0.15, 0.2) is 0 Å². The normalized spacial score (nSPS) is 20.7. The van der Waals surface area contributed by atoms with Gasteiger partial charge in [-0.3, -0.25) is 0 Å². The van der Waals surface area contributed by atoms with Gasteiger partial charge in [-0.05, 0) is 13.3 Å². The summed E-state index contributed by atoms with van der Waals surface area (Å²) >= 11 is 0. The summed E-state index contributed by atoms with van der Waals surface area (Å²) in [7, 11) is 0. The number of ether oxygens (including phenoxy) is 1. The maximum atomic E-state index is 9.42. The quantitative estimate of drug-likeness (QED) is 0.783. The van der Waals surface area contributed by atoms with E-state index in [1.807, 2.05) is 17.9 Å².